The van der Waals surface area contributed by atoms with Crippen LogP contribution in [0.25, 0.3) is 10.9 Å². The standard InChI is InChI=1S/C20H20ClN3O2/c1-12-7-6-8-13(2)18(12)23-16(25)11-22-20(26)19-17(21)14-9-4-5-10-15(14)24(19)3/h4-10H,11H2,1-3H3,(H,22,26)(H,23,25). The number of carbonyl (C=O) groups excluding carboxylic acids is 2. The lowest BCUT2D eigenvalue weighted by atomic mass is 10.1. The number of halogens is 1. The minimum Gasteiger partial charge on any atom is -0.342 e. The molecule has 0 aliphatic heterocycles. The number of benzene rings is 2. The lowest BCUT2D eigenvalue weighted by Crippen LogP contribution is -2.34. The average molecular weight is 370 g/mol. The van der Waals surface area contributed by atoms with Crippen molar-refractivity contribution in [3.8, 4) is 0 Å². The largest absolute Gasteiger partial charge is 0.342 e. The van der Waals surface area contributed by atoms with E-state index in [0.29, 0.717) is 10.7 Å². The van der Waals surface area contributed by atoms with E-state index in [-0.39, 0.29) is 18.4 Å². The fraction of sp³-hybridized carbons (Fsp3) is 0.200. The summed E-state index contributed by atoms with van der Waals surface area (Å²) in [7, 11) is 1.78. The van der Waals surface area contributed by atoms with E-state index in [1.807, 2.05) is 56.3 Å². The predicted octanol–water partition coefficient (Wildman–Crippen LogP) is 3.82. The average Bonchev–Trinajstić information content (AvgIpc) is 2.88. The van der Waals surface area contributed by atoms with Crippen molar-refractivity contribution in [1.29, 1.82) is 0 Å². The molecule has 0 fully saturated rings. The zero-order chi connectivity index (χ0) is 18.8. The first-order valence-electron chi connectivity index (χ1n) is 8.27. The van der Waals surface area contributed by atoms with E-state index in [4.69, 9.17) is 11.6 Å². The van der Waals surface area contributed by atoms with Crippen LogP contribution in [0.2, 0.25) is 5.02 Å². The molecule has 0 aliphatic rings. The lowest BCUT2D eigenvalue weighted by molar-refractivity contribution is -0.115. The van der Waals surface area contributed by atoms with Gasteiger partial charge in [-0.05, 0) is 31.0 Å². The van der Waals surface area contributed by atoms with Crippen molar-refractivity contribution in [2.45, 2.75) is 13.8 Å². The second kappa shape index (κ2) is 7.22. The number of aromatic nitrogens is 1. The van der Waals surface area contributed by atoms with Crippen molar-refractivity contribution in [3.63, 3.8) is 0 Å². The van der Waals surface area contributed by atoms with Crippen molar-refractivity contribution in [3.05, 3.63) is 64.3 Å². The summed E-state index contributed by atoms with van der Waals surface area (Å²) in [5, 5.41) is 6.68. The van der Waals surface area contributed by atoms with Crippen molar-refractivity contribution in [1.82, 2.24) is 9.88 Å². The smallest absolute Gasteiger partial charge is 0.269 e. The Morgan fingerprint density at radius 3 is 2.35 bits per heavy atom. The molecule has 1 heterocycles. The summed E-state index contributed by atoms with van der Waals surface area (Å²) in [6.07, 6.45) is 0. The second-order valence-electron chi connectivity index (χ2n) is 6.24. The Bertz CT molecular complexity index is 948. The molecule has 0 saturated carbocycles. The molecule has 1 aromatic heterocycles. The van der Waals surface area contributed by atoms with Gasteiger partial charge in [0.1, 0.15) is 5.69 Å². The Morgan fingerprint density at radius 1 is 1.04 bits per heavy atom. The molecule has 0 bridgehead atoms. The fourth-order valence-corrected chi connectivity index (χ4v) is 3.41. The van der Waals surface area contributed by atoms with Gasteiger partial charge in [0, 0.05) is 23.6 Å². The van der Waals surface area contributed by atoms with Crippen LogP contribution in [0.3, 0.4) is 0 Å². The molecule has 0 atom stereocenters. The zero-order valence-electron chi connectivity index (χ0n) is 14.9. The van der Waals surface area contributed by atoms with E-state index < -0.39 is 0 Å². The second-order valence-corrected chi connectivity index (χ2v) is 6.61. The Morgan fingerprint density at radius 2 is 1.69 bits per heavy atom. The molecule has 6 heteroatoms. The molecular weight excluding hydrogens is 350 g/mol. The van der Waals surface area contributed by atoms with Gasteiger partial charge in [0.2, 0.25) is 5.91 Å². The van der Waals surface area contributed by atoms with Gasteiger partial charge in [0.05, 0.1) is 11.6 Å². The summed E-state index contributed by atoms with van der Waals surface area (Å²) >= 11 is 6.36. The zero-order valence-corrected chi connectivity index (χ0v) is 15.6. The van der Waals surface area contributed by atoms with Crippen LogP contribution in [0.1, 0.15) is 21.6 Å². The van der Waals surface area contributed by atoms with Gasteiger partial charge in [-0.3, -0.25) is 9.59 Å². The lowest BCUT2D eigenvalue weighted by Gasteiger charge is -2.12. The van der Waals surface area contributed by atoms with E-state index >= 15 is 0 Å². The number of fused-ring (bicyclic) bond motifs is 1. The Hall–Kier alpha value is -2.79. The number of hydrogen-bond acceptors (Lipinski definition) is 2. The van der Waals surface area contributed by atoms with Crippen LogP contribution in [0, 0.1) is 13.8 Å². The van der Waals surface area contributed by atoms with Crippen molar-refractivity contribution < 1.29 is 9.59 Å². The van der Waals surface area contributed by atoms with Crippen molar-refractivity contribution in [2.75, 3.05) is 11.9 Å². The van der Waals surface area contributed by atoms with Gasteiger partial charge >= 0.3 is 0 Å². The van der Waals surface area contributed by atoms with E-state index in [1.165, 1.54) is 0 Å². The molecule has 2 amide bonds. The molecule has 3 rings (SSSR count). The van der Waals surface area contributed by atoms with E-state index in [9.17, 15) is 9.59 Å². The summed E-state index contributed by atoms with van der Waals surface area (Å²) < 4.78 is 1.73. The van der Waals surface area contributed by atoms with Crippen LogP contribution in [0.5, 0.6) is 0 Å². The highest BCUT2D eigenvalue weighted by Gasteiger charge is 2.20. The summed E-state index contributed by atoms with van der Waals surface area (Å²) in [5.41, 5.74) is 3.92. The molecule has 0 unspecified atom stereocenters. The van der Waals surface area contributed by atoms with Gasteiger partial charge in [-0.2, -0.15) is 0 Å². The number of carbonyl (C=O) groups is 2. The molecule has 2 aromatic carbocycles. The first-order chi connectivity index (χ1) is 12.4. The number of nitrogens with one attached hydrogen (secondary N) is 2. The highest BCUT2D eigenvalue weighted by molar-refractivity contribution is 6.38. The summed E-state index contributed by atoms with van der Waals surface area (Å²) in [6, 6.07) is 13.3. The SMILES string of the molecule is Cc1cccc(C)c1NC(=O)CNC(=O)c1c(Cl)c2ccccc2n1C. The third-order valence-electron chi connectivity index (χ3n) is 4.42. The topological polar surface area (TPSA) is 63.1 Å². The Kier molecular flexibility index (Phi) is 5.00. The van der Waals surface area contributed by atoms with Crippen LogP contribution in [-0.4, -0.2) is 22.9 Å². The van der Waals surface area contributed by atoms with Crippen LogP contribution < -0.4 is 10.6 Å². The molecule has 0 saturated heterocycles. The van der Waals surface area contributed by atoms with E-state index in [1.54, 1.807) is 11.6 Å². The quantitative estimate of drug-likeness (QED) is 0.734. The monoisotopic (exact) mass is 369 g/mol. The summed E-state index contributed by atoms with van der Waals surface area (Å²) in [5.74, 6) is -0.670. The van der Waals surface area contributed by atoms with E-state index in [2.05, 4.69) is 10.6 Å². The molecule has 0 aliphatic carbocycles. The molecule has 3 aromatic rings. The van der Waals surface area contributed by atoms with Gasteiger partial charge in [-0.25, -0.2) is 0 Å². The third-order valence-corrected chi connectivity index (χ3v) is 4.80. The predicted molar refractivity (Wildman–Crippen MR) is 105 cm³/mol. The number of rotatable bonds is 4. The maximum atomic E-state index is 12.6. The Balaban J connectivity index is 1.72. The maximum Gasteiger partial charge on any atom is 0.269 e. The molecule has 26 heavy (non-hydrogen) atoms. The summed E-state index contributed by atoms with van der Waals surface area (Å²) in [4.78, 5) is 24.8. The van der Waals surface area contributed by atoms with Gasteiger partial charge in [0.25, 0.3) is 5.91 Å². The van der Waals surface area contributed by atoms with Crippen molar-refractivity contribution in [2.24, 2.45) is 7.05 Å². The van der Waals surface area contributed by atoms with E-state index in [0.717, 1.165) is 27.7 Å². The number of anilines is 1. The molecule has 134 valence electrons. The first-order valence-corrected chi connectivity index (χ1v) is 8.65. The molecule has 0 radical (unpaired) electrons. The molecule has 0 spiro atoms. The maximum absolute atomic E-state index is 12.6. The van der Waals surface area contributed by atoms with Crippen LogP contribution in [-0.2, 0) is 11.8 Å². The summed E-state index contributed by atoms with van der Waals surface area (Å²) in [6.45, 7) is 3.72. The Labute approximate surface area is 157 Å². The van der Waals surface area contributed by atoms with Crippen LogP contribution in [0.4, 0.5) is 5.69 Å². The highest BCUT2D eigenvalue weighted by Crippen LogP contribution is 2.29. The fourth-order valence-electron chi connectivity index (χ4n) is 3.04. The molecule has 2 N–H and O–H groups in total. The van der Waals surface area contributed by atoms with Gasteiger partial charge in [0.15, 0.2) is 0 Å². The normalized spacial score (nSPS) is 10.8. The molecular formula is C20H20ClN3O2. The number of para-hydroxylation sites is 2. The minimum atomic E-state index is -0.384. The number of nitrogens with zero attached hydrogens (tertiary/aromatic N) is 1. The number of aryl methyl sites for hydroxylation is 3. The van der Waals surface area contributed by atoms with Gasteiger partial charge < -0.3 is 15.2 Å². The van der Waals surface area contributed by atoms with Crippen LogP contribution >= 0.6 is 11.6 Å². The minimum absolute atomic E-state index is 0.134. The van der Waals surface area contributed by atoms with Crippen molar-refractivity contribution >= 4 is 40.0 Å². The number of hydrogen-bond donors (Lipinski definition) is 2. The first kappa shape index (κ1) is 18.0. The molecule has 5 nitrogen and oxygen atoms in total. The van der Waals surface area contributed by atoms with Crippen LogP contribution in [0.15, 0.2) is 42.5 Å². The van der Waals surface area contributed by atoms with Gasteiger partial charge in [-0.15, -0.1) is 0 Å². The number of amides is 2. The highest BCUT2D eigenvalue weighted by atomic mass is 35.5. The van der Waals surface area contributed by atoms with Gasteiger partial charge in [-0.1, -0.05) is 48.0 Å². The third kappa shape index (κ3) is 3.30.